The molecule has 2 N–H and O–H groups in total. The highest BCUT2D eigenvalue weighted by atomic mass is 32.2. The van der Waals surface area contributed by atoms with Gasteiger partial charge in [-0.3, -0.25) is 9.59 Å². The van der Waals surface area contributed by atoms with Crippen molar-refractivity contribution >= 4 is 45.7 Å². The SMILES string of the molecule is COc1ccc(C(=O)Nc2cccc(SC(C(=O)Nc3nc(-c4ccc(C)cc4)c(C)s3)c3ccccc3)c2)cc1OC. The zero-order valence-corrected chi connectivity index (χ0v) is 25.8. The number of thioether (sulfide) groups is 1. The Labute approximate surface area is 259 Å². The van der Waals surface area contributed by atoms with E-state index in [9.17, 15) is 9.59 Å². The fourth-order valence-corrected chi connectivity index (χ4v) is 6.39. The fraction of sp³-hybridized carbons (Fsp3) is 0.147. The minimum atomic E-state index is -0.551. The Hall–Kier alpha value is -4.60. The second-order valence-corrected chi connectivity index (χ2v) is 12.1. The summed E-state index contributed by atoms with van der Waals surface area (Å²) in [5.41, 5.74) is 4.95. The molecule has 0 aliphatic heterocycles. The number of nitrogens with one attached hydrogen (secondary N) is 2. The molecule has 1 atom stereocenters. The summed E-state index contributed by atoms with van der Waals surface area (Å²) in [6.45, 7) is 4.06. The number of carbonyl (C=O) groups excluding carboxylic acids is 2. The van der Waals surface area contributed by atoms with E-state index in [-0.39, 0.29) is 11.8 Å². The third-order valence-electron chi connectivity index (χ3n) is 6.68. The summed E-state index contributed by atoms with van der Waals surface area (Å²) in [7, 11) is 3.07. The second kappa shape index (κ2) is 13.6. The highest BCUT2D eigenvalue weighted by Gasteiger charge is 2.24. The van der Waals surface area contributed by atoms with Crippen molar-refractivity contribution in [2.24, 2.45) is 0 Å². The Balaban J connectivity index is 1.34. The van der Waals surface area contributed by atoms with Gasteiger partial charge in [0, 0.05) is 26.6 Å². The molecular weight excluding hydrogens is 579 g/mol. The number of benzene rings is 4. The number of methoxy groups -OCH3 is 2. The van der Waals surface area contributed by atoms with Crippen LogP contribution in [0.25, 0.3) is 11.3 Å². The lowest BCUT2D eigenvalue weighted by atomic mass is 10.1. The van der Waals surface area contributed by atoms with Gasteiger partial charge >= 0.3 is 0 Å². The van der Waals surface area contributed by atoms with Crippen LogP contribution in [0.15, 0.2) is 102 Å². The number of aryl methyl sites for hydroxylation is 2. The lowest BCUT2D eigenvalue weighted by Gasteiger charge is -2.17. The van der Waals surface area contributed by atoms with Gasteiger partial charge in [-0.05, 0) is 55.8 Å². The second-order valence-electron chi connectivity index (χ2n) is 9.74. The third-order valence-corrected chi connectivity index (χ3v) is 8.82. The molecule has 1 aromatic heterocycles. The number of ether oxygens (including phenoxy) is 2. The molecule has 4 aromatic carbocycles. The zero-order valence-electron chi connectivity index (χ0n) is 24.2. The van der Waals surface area contributed by atoms with Crippen LogP contribution in [0.5, 0.6) is 11.5 Å². The molecule has 5 aromatic rings. The summed E-state index contributed by atoms with van der Waals surface area (Å²) in [6.07, 6.45) is 0. The first kappa shape index (κ1) is 29.9. The maximum absolute atomic E-state index is 13.7. The van der Waals surface area contributed by atoms with E-state index in [4.69, 9.17) is 14.5 Å². The predicted octanol–water partition coefficient (Wildman–Crippen LogP) is 8.17. The number of amides is 2. The Bertz CT molecular complexity index is 1740. The average Bonchev–Trinajstić information content (AvgIpc) is 3.39. The third kappa shape index (κ3) is 7.25. The first-order chi connectivity index (χ1) is 20.8. The van der Waals surface area contributed by atoms with Crippen molar-refractivity contribution in [1.29, 1.82) is 0 Å². The highest BCUT2D eigenvalue weighted by molar-refractivity contribution is 8.00. The molecule has 9 heteroatoms. The van der Waals surface area contributed by atoms with Gasteiger partial charge in [-0.15, -0.1) is 23.1 Å². The van der Waals surface area contributed by atoms with Crippen LogP contribution in [0.3, 0.4) is 0 Å². The van der Waals surface area contributed by atoms with Gasteiger partial charge < -0.3 is 20.1 Å². The number of aromatic nitrogens is 1. The number of nitrogens with zero attached hydrogens (tertiary/aromatic N) is 1. The minimum absolute atomic E-state index is 0.180. The molecule has 218 valence electrons. The minimum Gasteiger partial charge on any atom is -0.493 e. The van der Waals surface area contributed by atoms with Crippen LogP contribution in [-0.4, -0.2) is 31.0 Å². The largest absolute Gasteiger partial charge is 0.493 e. The van der Waals surface area contributed by atoms with Gasteiger partial charge in [-0.2, -0.15) is 0 Å². The number of rotatable bonds is 10. The molecule has 7 nitrogen and oxygen atoms in total. The predicted molar refractivity (Wildman–Crippen MR) is 175 cm³/mol. The molecule has 0 bridgehead atoms. The average molecular weight is 610 g/mol. The van der Waals surface area contributed by atoms with E-state index >= 15 is 0 Å². The number of hydrogen-bond donors (Lipinski definition) is 2. The van der Waals surface area contributed by atoms with E-state index in [0.29, 0.717) is 27.9 Å². The Morgan fingerprint density at radius 1 is 0.814 bits per heavy atom. The van der Waals surface area contributed by atoms with Gasteiger partial charge in [0.2, 0.25) is 5.91 Å². The normalized spacial score (nSPS) is 11.4. The van der Waals surface area contributed by atoms with E-state index in [1.807, 2.05) is 80.6 Å². The first-order valence-corrected chi connectivity index (χ1v) is 15.2. The smallest absolute Gasteiger partial charge is 0.255 e. The number of carbonyl (C=O) groups is 2. The fourth-order valence-electron chi connectivity index (χ4n) is 4.46. The number of thiazole rings is 1. The lowest BCUT2D eigenvalue weighted by Crippen LogP contribution is -2.19. The van der Waals surface area contributed by atoms with Crippen molar-refractivity contribution in [1.82, 2.24) is 4.98 Å². The van der Waals surface area contributed by atoms with E-state index in [1.165, 1.54) is 35.8 Å². The van der Waals surface area contributed by atoms with Crippen LogP contribution in [0, 0.1) is 13.8 Å². The van der Waals surface area contributed by atoms with Crippen LogP contribution in [0.2, 0.25) is 0 Å². The maximum atomic E-state index is 13.7. The molecule has 0 saturated carbocycles. The summed E-state index contributed by atoms with van der Waals surface area (Å²) < 4.78 is 10.6. The topological polar surface area (TPSA) is 89.5 Å². The molecule has 43 heavy (non-hydrogen) atoms. The monoisotopic (exact) mass is 609 g/mol. The molecular formula is C34H31N3O4S2. The van der Waals surface area contributed by atoms with Crippen LogP contribution in [0.4, 0.5) is 10.8 Å². The molecule has 0 saturated heterocycles. The zero-order chi connectivity index (χ0) is 30.3. The highest BCUT2D eigenvalue weighted by Crippen LogP contribution is 2.38. The summed E-state index contributed by atoms with van der Waals surface area (Å²) in [5.74, 6) is 0.545. The summed E-state index contributed by atoms with van der Waals surface area (Å²) in [5, 5.41) is 5.99. The van der Waals surface area contributed by atoms with Crippen molar-refractivity contribution in [2.45, 2.75) is 24.0 Å². The van der Waals surface area contributed by atoms with Gasteiger partial charge in [0.1, 0.15) is 5.25 Å². The van der Waals surface area contributed by atoms with Crippen molar-refractivity contribution < 1.29 is 19.1 Å². The summed E-state index contributed by atoms with van der Waals surface area (Å²) in [4.78, 5) is 33.3. The Kier molecular flexibility index (Phi) is 9.44. The summed E-state index contributed by atoms with van der Waals surface area (Å²) in [6, 6.07) is 30.3. The quantitative estimate of drug-likeness (QED) is 0.155. The first-order valence-electron chi connectivity index (χ1n) is 13.5. The van der Waals surface area contributed by atoms with Crippen molar-refractivity contribution in [2.75, 3.05) is 24.9 Å². The van der Waals surface area contributed by atoms with Crippen molar-refractivity contribution in [3.8, 4) is 22.8 Å². The molecule has 5 rings (SSSR count). The van der Waals surface area contributed by atoms with Crippen LogP contribution in [-0.2, 0) is 4.79 Å². The lowest BCUT2D eigenvalue weighted by molar-refractivity contribution is -0.115. The van der Waals surface area contributed by atoms with Gasteiger partial charge in [-0.1, -0.05) is 66.2 Å². The van der Waals surface area contributed by atoms with E-state index in [2.05, 4.69) is 22.8 Å². The van der Waals surface area contributed by atoms with Crippen LogP contribution < -0.4 is 20.1 Å². The van der Waals surface area contributed by atoms with E-state index in [0.717, 1.165) is 26.6 Å². The van der Waals surface area contributed by atoms with Crippen molar-refractivity contribution in [3.63, 3.8) is 0 Å². The standard InChI is InChI=1S/C34H31N3O4S2/c1-21-13-15-23(16-14-21)30-22(2)42-34(36-30)37-33(39)31(24-9-6-5-7-10-24)43-27-12-8-11-26(20-27)35-32(38)25-17-18-28(40-3)29(19-25)41-4/h5-20,31H,1-4H3,(H,35,38)(H,36,37,39). The Morgan fingerprint density at radius 3 is 2.28 bits per heavy atom. The van der Waals surface area contributed by atoms with Gasteiger partial charge in [0.25, 0.3) is 5.91 Å². The van der Waals surface area contributed by atoms with Crippen LogP contribution in [0.1, 0.15) is 31.6 Å². The molecule has 1 heterocycles. The molecule has 1 unspecified atom stereocenters. The van der Waals surface area contributed by atoms with Gasteiger partial charge in [0.15, 0.2) is 16.6 Å². The molecule has 0 aliphatic carbocycles. The molecule has 0 spiro atoms. The molecule has 0 aliphatic rings. The maximum Gasteiger partial charge on any atom is 0.255 e. The van der Waals surface area contributed by atoms with Gasteiger partial charge in [-0.25, -0.2) is 4.98 Å². The molecule has 0 radical (unpaired) electrons. The summed E-state index contributed by atoms with van der Waals surface area (Å²) >= 11 is 2.86. The number of hydrogen-bond acceptors (Lipinski definition) is 7. The molecule has 2 amide bonds. The number of anilines is 2. The van der Waals surface area contributed by atoms with Crippen molar-refractivity contribution in [3.05, 3.63) is 119 Å². The van der Waals surface area contributed by atoms with E-state index in [1.54, 1.807) is 25.3 Å². The van der Waals surface area contributed by atoms with Gasteiger partial charge in [0.05, 0.1) is 19.9 Å². The molecule has 0 fully saturated rings. The Morgan fingerprint density at radius 2 is 1.56 bits per heavy atom. The van der Waals surface area contributed by atoms with E-state index < -0.39 is 5.25 Å². The van der Waals surface area contributed by atoms with Crippen LogP contribution >= 0.6 is 23.1 Å².